The molecular weight excluding hydrogens is 264 g/mol. The zero-order chi connectivity index (χ0) is 15.0. The highest BCUT2D eigenvalue weighted by Crippen LogP contribution is 2.21. The average Bonchev–Trinajstić information content (AvgIpc) is 2.90. The first-order valence-electron chi connectivity index (χ1n) is 6.90. The second-order valence-corrected chi connectivity index (χ2v) is 5.08. The van der Waals surface area contributed by atoms with Gasteiger partial charge in [-0.2, -0.15) is 0 Å². The van der Waals surface area contributed by atoms with E-state index in [9.17, 15) is 9.59 Å². The van der Waals surface area contributed by atoms with Crippen LogP contribution in [0.4, 0.5) is 4.79 Å². The van der Waals surface area contributed by atoms with Gasteiger partial charge in [0.15, 0.2) is 0 Å². The van der Waals surface area contributed by atoms with Crippen molar-refractivity contribution in [2.24, 2.45) is 5.92 Å². The van der Waals surface area contributed by atoms with Crippen LogP contribution in [0.1, 0.15) is 26.2 Å². The first-order valence-corrected chi connectivity index (χ1v) is 6.90. The predicted molar refractivity (Wildman–Crippen MR) is 72.6 cm³/mol. The third-order valence-corrected chi connectivity index (χ3v) is 3.57. The van der Waals surface area contributed by atoms with Crippen molar-refractivity contribution in [3.05, 3.63) is 0 Å². The fourth-order valence-electron chi connectivity index (χ4n) is 2.14. The Morgan fingerprint density at radius 2 is 2.20 bits per heavy atom. The highest BCUT2D eigenvalue weighted by molar-refractivity contribution is 5.75. The molecule has 1 aliphatic heterocycles. The summed E-state index contributed by atoms with van der Waals surface area (Å²) < 4.78 is 10.7. The number of carboxylic acid groups (broad SMARTS) is 1. The Kier molecular flexibility index (Phi) is 6.74. The van der Waals surface area contributed by atoms with Gasteiger partial charge in [-0.25, -0.2) is 4.79 Å². The summed E-state index contributed by atoms with van der Waals surface area (Å²) >= 11 is 0. The molecule has 0 aliphatic carbocycles. The fraction of sp³-hybridized carbons (Fsp3) is 0.846. The standard InChI is InChI=1S/C13H24N2O5/c1-3-4-10(11(16)17)7-14-12(18)15-8-13(19-2)5-6-20-9-13/h10H,3-9H2,1-2H3,(H,16,17)(H2,14,15,18). The molecule has 0 aromatic rings. The molecule has 1 aliphatic rings. The van der Waals surface area contributed by atoms with E-state index in [1.165, 1.54) is 0 Å². The van der Waals surface area contributed by atoms with Gasteiger partial charge in [0.25, 0.3) is 0 Å². The molecule has 0 radical (unpaired) electrons. The first kappa shape index (κ1) is 16.7. The molecule has 7 nitrogen and oxygen atoms in total. The van der Waals surface area contributed by atoms with Crippen molar-refractivity contribution < 1.29 is 24.2 Å². The Balaban J connectivity index is 2.30. The second-order valence-electron chi connectivity index (χ2n) is 5.08. The molecule has 0 bridgehead atoms. The van der Waals surface area contributed by atoms with Gasteiger partial charge in [0.1, 0.15) is 5.60 Å². The molecule has 7 heteroatoms. The summed E-state index contributed by atoms with van der Waals surface area (Å²) in [7, 11) is 1.59. The van der Waals surface area contributed by atoms with Gasteiger partial charge < -0.3 is 25.2 Å². The summed E-state index contributed by atoms with van der Waals surface area (Å²) in [5.41, 5.74) is -0.465. The number of methoxy groups -OCH3 is 1. The Morgan fingerprint density at radius 3 is 2.70 bits per heavy atom. The van der Waals surface area contributed by atoms with Crippen LogP contribution >= 0.6 is 0 Å². The molecule has 3 N–H and O–H groups in total. The lowest BCUT2D eigenvalue weighted by atomic mass is 10.0. The molecule has 116 valence electrons. The molecule has 1 saturated heterocycles. The lowest BCUT2D eigenvalue weighted by Crippen LogP contribution is -2.48. The van der Waals surface area contributed by atoms with Crippen LogP contribution < -0.4 is 10.6 Å². The quantitative estimate of drug-likeness (QED) is 0.607. The van der Waals surface area contributed by atoms with Crippen molar-refractivity contribution >= 4 is 12.0 Å². The van der Waals surface area contributed by atoms with Gasteiger partial charge in [-0.15, -0.1) is 0 Å². The van der Waals surface area contributed by atoms with Crippen molar-refractivity contribution in [3.8, 4) is 0 Å². The first-order chi connectivity index (χ1) is 9.53. The van der Waals surface area contributed by atoms with Crippen LogP contribution in [-0.2, 0) is 14.3 Å². The van der Waals surface area contributed by atoms with Crippen LogP contribution in [0.25, 0.3) is 0 Å². The van der Waals surface area contributed by atoms with Gasteiger partial charge in [0.05, 0.1) is 19.1 Å². The largest absolute Gasteiger partial charge is 0.481 e. The molecule has 0 spiro atoms. The number of aliphatic carboxylic acids is 1. The van der Waals surface area contributed by atoms with E-state index in [1.807, 2.05) is 6.92 Å². The maximum Gasteiger partial charge on any atom is 0.314 e. The van der Waals surface area contributed by atoms with E-state index in [4.69, 9.17) is 14.6 Å². The summed E-state index contributed by atoms with van der Waals surface area (Å²) in [5.74, 6) is -1.43. The molecular formula is C13H24N2O5. The van der Waals surface area contributed by atoms with Crippen molar-refractivity contribution in [2.75, 3.05) is 33.4 Å². The summed E-state index contributed by atoms with van der Waals surface area (Å²) in [6, 6.07) is -0.379. The number of rotatable bonds is 8. The summed E-state index contributed by atoms with van der Waals surface area (Å²) in [6.45, 7) is 3.47. The van der Waals surface area contributed by atoms with Gasteiger partial charge in [0.2, 0.25) is 0 Å². The summed E-state index contributed by atoms with van der Waals surface area (Å²) in [4.78, 5) is 22.6. The number of urea groups is 1. The lowest BCUT2D eigenvalue weighted by molar-refractivity contribution is -0.141. The van der Waals surface area contributed by atoms with Gasteiger partial charge in [-0.1, -0.05) is 13.3 Å². The Morgan fingerprint density at radius 1 is 1.45 bits per heavy atom. The Hall–Kier alpha value is -1.34. The van der Waals surface area contributed by atoms with Gasteiger partial charge in [-0.3, -0.25) is 4.79 Å². The third-order valence-electron chi connectivity index (χ3n) is 3.57. The normalized spacial score (nSPS) is 23.3. The zero-order valence-electron chi connectivity index (χ0n) is 12.1. The van der Waals surface area contributed by atoms with Gasteiger partial charge >= 0.3 is 12.0 Å². The predicted octanol–water partition coefficient (Wildman–Crippen LogP) is 0.592. The van der Waals surface area contributed by atoms with Crippen molar-refractivity contribution in [2.45, 2.75) is 31.8 Å². The summed E-state index contributed by atoms with van der Waals surface area (Å²) in [5, 5.41) is 14.3. The maximum absolute atomic E-state index is 11.7. The van der Waals surface area contributed by atoms with Crippen LogP contribution in [0.15, 0.2) is 0 Å². The summed E-state index contributed by atoms with van der Waals surface area (Å²) in [6.07, 6.45) is 2.05. The van der Waals surface area contributed by atoms with Gasteiger partial charge in [-0.05, 0) is 6.42 Å². The van der Waals surface area contributed by atoms with Crippen molar-refractivity contribution in [3.63, 3.8) is 0 Å². The molecule has 0 saturated carbocycles. The van der Waals surface area contributed by atoms with E-state index in [0.29, 0.717) is 26.2 Å². The molecule has 0 aromatic heterocycles. The van der Waals surface area contributed by atoms with E-state index < -0.39 is 17.5 Å². The monoisotopic (exact) mass is 288 g/mol. The number of ether oxygens (including phenoxy) is 2. The van der Waals surface area contributed by atoms with Gasteiger partial charge in [0, 0.05) is 26.7 Å². The van der Waals surface area contributed by atoms with Crippen LogP contribution in [0.5, 0.6) is 0 Å². The van der Waals surface area contributed by atoms with E-state index in [2.05, 4.69) is 10.6 Å². The maximum atomic E-state index is 11.7. The number of carbonyl (C=O) groups excluding carboxylic acids is 1. The van der Waals surface area contributed by atoms with Crippen LogP contribution in [-0.4, -0.2) is 56.1 Å². The van der Waals surface area contributed by atoms with Crippen LogP contribution in [0, 0.1) is 5.92 Å². The Labute approximate surface area is 119 Å². The SMILES string of the molecule is CCCC(CNC(=O)NCC1(OC)CCOC1)C(=O)O. The molecule has 2 amide bonds. The van der Waals surface area contributed by atoms with E-state index in [1.54, 1.807) is 7.11 Å². The highest BCUT2D eigenvalue weighted by Gasteiger charge is 2.35. The average molecular weight is 288 g/mol. The minimum atomic E-state index is -0.885. The number of amides is 2. The number of nitrogens with one attached hydrogen (secondary N) is 2. The minimum absolute atomic E-state index is 0.130. The number of hydrogen-bond donors (Lipinski definition) is 3. The molecule has 2 unspecified atom stereocenters. The zero-order valence-corrected chi connectivity index (χ0v) is 12.1. The highest BCUT2D eigenvalue weighted by atomic mass is 16.5. The van der Waals surface area contributed by atoms with Crippen LogP contribution in [0.3, 0.4) is 0 Å². The van der Waals surface area contributed by atoms with E-state index in [-0.39, 0.29) is 12.6 Å². The number of carboxylic acids is 1. The van der Waals surface area contributed by atoms with Crippen molar-refractivity contribution in [1.29, 1.82) is 0 Å². The van der Waals surface area contributed by atoms with E-state index in [0.717, 1.165) is 12.8 Å². The molecule has 1 heterocycles. The molecule has 2 atom stereocenters. The third kappa shape index (κ3) is 4.97. The topological polar surface area (TPSA) is 96.9 Å². The van der Waals surface area contributed by atoms with E-state index >= 15 is 0 Å². The van der Waals surface area contributed by atoms with Crippen LogP contribution in [0.2, 0.25) is 0 Å². The van der Waals surface area contributed by atoms with Crippen molar-refractivity contribution in [1.82, 2.24) is 10.6 Å². The minimum Gasteiger partial charge on any atom is -0.481 e. The molecule has 1 fully saturated rings. The second kappa shape index (κ2) is 8.06. The number of hydrogen-bond acceptors (Lipinski definition) is 4. The fourth-order valence-corrected chi connectivity index (χ4v) is 2.14. The lowest BCUT2D eigenvalue weighted by Gasteiger charge is -2.26. The smallest absolute Gasteiger partial charge is 0.314 e. The molecule has 0 aromatic carbocycles. The Bertz CT molecular complexity index is 329. The molecule has 1 rings (SSSR count). The number of carbonyl (C=O) groups is 2. The molecule has 20 heavy (non-hydrogen) atoms.